The fourth-order valence-electron chi connectivity index (χ4n) is 2.71. The highest BCUT2D eigenvalue weighted by Crippen LogP contribution is 2.25. The quantitative estimate of drug-likeness (QED) is 0.383. The molecule has 0 aliphatic heterocycles. The molecule has 0 saturated heterocycles. The molecule has 0 fully saturated rings. The predicted octanol–water partition coefficient (Wildman–Crippen LogP) is 2.64. The molecule has 1 aromatic rings. The van der Waals surface area contributed by atoms with Crippen molar-refractivity contribution >= 4 is 27.3 Å². The van der Waals surface area contributed by atoms with Crippen LogP contribution in [0.4, 0.5) is 5.69 Å². The summed E-state index contributed by atoms with van der Waals surface area (Å²) in [6.45, 7) is 5.27. The molecule has 0 bridgehead atoms. The molecule has 0 radical (unpaired) electrons. The topological polar surface area (TPSA) is 108 Å². The average molecular weight is 381 g/mol. The van der Waals surface area contributed by atoms with Gasteiger partial charge in [0.15, 0.2) is 0 Å². The van der Waals surface area contributed by atoms with Gasteiger partial charge in [0.25, 0.3) is 0 Å². The maximum Gasteiger partial charge on any atom is 0.224 e. The maximum absolute atomic E-state index is 12.0. The van der Waals surface area contributed by atoms with Crippen LogP contribution in [0.25, 0.3) is 0 Å². The molecule has 8 heteroatoms. The second-order valence-electron chi connectivity index (χ2n) is 7.43. The van der Waals surface area contributed by atoms with Gasteiger partial charge in [-0.1, -0.05) is 11.2 Å². The Morgan fingerprint density at radius 1 is 1.23 bits per heavy atom. The number of fused-ring (bicyclic) bond motifs is 1. The van der Waals surface area contributed by atoms with Crippen LogP contribution in [-0.2, 0) is 21.2 Å². The molecule has 3 N–H and O–H groups in total. The third kappa shape index (κ3) is 5.04. The van der Waals surface area contributed by atoms with Crippen molar-refractivity contribution in [2.24, 2.45) is 5.16 Å². The number of nitrogens with zero attached hydrogens (tertiary/aromatic N) is 1. The first-order valence-electron chi connectivity index (χ1n) is 8.77. The number of amides is 1. The third-order valence-electron chi connectivity index (χ3n) is 4.38. The predicted molar refractivity (Wildman–Crippen MR) is 102 cm³/mol. The molecule has 144 valence electrons. The van der Waals surface area contributed by atoms with Crippen LogP contribution in [0.3, 0.4) is 0 Å². The first-order valence-corrected chi connectivity index (χ1v) is 10.3. The highest BCUT2D eigenvalue weighted by atomic mass is 32.2. The molecular formula is C18H27N3O4S. The van der Waals surface area contributed by atoms with Crippen molar-refractivity contribution in [1.82, 2.24) is 4.72 Å². The molecule has 2 rings (SSSR count). The van der Waals surface area contributed by atoms with Crippen LogP contribution in [0.1, 0.15) is 57.6 Å². The van der Waals surface area contributed by atoms with Crippen LogP contribution in [0, 0.1) is 0 Å². The number of unbranched alkanes of at least 4 members (excludes halogenated alkanes) is 1. The standard InChI is InChI=1S/C18H27N3O4S/c1-18(2,3)26(24,25)19-11-5-4-6-17(22)20-14-8-9-15-13(12-14)7-10-16(15)21-23/h8-9,12,19,23H,4-7,10-11H2,1-3H3,(H,20,22). The van der Waals surface area contributed by atoms with E-state index in [-0.39, 0.29) is 5.91 Å². The van der Waals surface area contributed by atoms with E-state index in [4.69, 9.17) is 5.21 Å². The minimum atomic E-state index is -3.34. The first-order chi connectivity index (χ1) is 12.1. The SMILES string of the molecule is CC(C)(C)S(=O)(=O)NCCCCC(=O)Nc1ccc2c(c1)CCC2=NO. The molecule has 26 heavy (non-hydrogen) atoms. The van der Waals surface area contributed by atoms with Crippen molar-refractivity contribution in [3.8, 4) is 0 Å². The summed E-state index contributed by atoms with van der Waals surface area (Å²) in [5, 5.41) is 15.1. The summed E-state index contributed by atoms with van der Waals surface area (Å²) in [4.78, 5) is 12.0. The zero-order valence-corrected chi connectivity index (χ0v) is 16.3. The summed E-state index contributed by atoms with van der Waals surface area (Å²) in [6, 6.07) is 5.56. The summed E-state index contributed by atoms with van der Waals surface area (Å²) in [5.41, 5.74) is 3.39. The van der Waals surface area contributed by atoms with Gasteiger partial charge in [-0.3, -0.25) is 4.79 Å². The zero-order valence-electron chi connectivity index (χ0n) is 15.5. The normalized spacial score (nSPS) is 15.9. The van der Waals surface area contributed by atoms with Gasteiger partial charge in [0.05, 0.1) is 10.5 Å². The maximum atomic E-state index is 12.0. The van der Waals surface area contributed by atoms with Crippen LogP contribution in [0.15, 0.2) is 23.4 Å². The number of carbonyl (C=O) groups is 1. The average Bonchev–Trinajstić information content (AvgIpc) is 2.95. The summed E-state index contributed by atoms with van der Waals surface area (Å²) < 4.78 is 25.6. The molecule has 0 unspecified atom stereocenters. The number of sulfonamides is 1. The van der Waals surface area contributed by atoms with Gasteiger partial charge in [-0.25, -0.2) is 13.1 Å². The number of anilines is 1. The van der Waals surface area contributed by atoms with Crippen LogP contribution >= 0.6 is 0 Å². The number of hydrogen-bond donors (Lipinski definition) is 3. The van der Waals surface area contributed by atoms with Gasteiger partial charge in [0, 0.05) is 24.2 Å². The zero-order chi connectivity index (χ0) is 19.4. The van der Waals surface area contributed by atoms with E-state index in [2.05, 4.69) is 15.2 Å². The number of oxime groups is 1. The fourth-order valence-corrected chi connectivity index (χ4v) is 3.55. The van der Waals surface area contributed by atoms with E-state index >= 15 is 0 Å². The molecule has 0 aromatic heterocycles. The lowest BCUT2D eigenvalue weighted by Crippen LogP contribution is -2.39. The van der Waals surface area contributed by atoms with Gasteiger partial charge in [0.2, 0.25) is 15.9 Å². The van der Waals surface area contributed by atoms with Gasteiger partial charge in [-0.15, -0.1) is 0 Å². The third-order valence-corrected chi connectivity index (χ3v) is 6.58. The molecule has 1 aliphatic carbocycles. The molecule has 7 nitrogen and oxygen atoms in total. The Morgan fingerprint density at radius 3 is 2.62 bits per heavy atom. The van der Waals surface area contributed by atoms with Crippen molar-refractivity contribution in [2.75, 3.05) is 11.9 Å². The highest BCUT2D eigenvalue weighted by molar-refractivity contribution is 7.90. The fraction of sp³-hybridized carbons (Fsp3) is 0.556. The van der Waals surface area contributed by atoms with E-state index in [0.29, 0.717) is 37.9 Å². The number of rotatable bonds is 7. The lowest BCUT2D eigenvalue weighted by molar-refractivity contribution is -0.116. The lowest BCUT2D eigenvalue weighted by atomic mass is 10.1. The Kier molecular flexibility index (Phi) is 6.41. The Bertz CT molecular complexity index is 795. The molecule has 0 spiro atoms. The second kappa shape index (κ2) is 8.18. The minimum Gasteiger partial charge on any atom is -0.411 e. The smallest absolute Gasteiger partial charge is 0.224 e. The van der Waals surface area contributed by atoms with Gasteiger partial charge in [0.1, 0.15) is 0 Å². The summed E-state index contributed by atoms with van der Waals surface area (Å²) >= 11 is 0. The van der Waals surface area contributed by atoms with E-state index in [0.717, 1.165) is 23.2 Å². The largest absolute Gasteiger partial charge is 0.411 e. The number of hydrogen-bond acceptors (Lipinski definition) is 5. The highest BCUT2D eigenvalue weighted by Gasteiger charge is 2.28. The van der Waals surface area contributed by atoms with Crippen molar-refractivity contribution in [3.05, 3.63) is 29.3 Å². The van der Waals surface area contributed by atoms with Crippen LogP contribution in [0.5, 0.6) is 0 Å². The summed E-state index contributed by atoms with van der Waals surface area (Å²) in [6.07, 6.45) is 3.03. The number of benzene rings is 1. The second-order valence-corrected chi connectivity index (χ2v) is 9.95. The molecule has 1 amide bonds. The number of carbonyl (C=O) groups excluding carboxylic acids is 1. The molecule has 0 atom stereocenters. The molecule has 1 aliphatic rings. The molecular weight excluding hydrogens is 354 g/mol. The number of aryl methyl sites for hydroxylation is 1. The first kappa shape index (κ1) is 20.4. The van der Waals surface area contributed by atoms with Crippen molar-refractivity contribution < 1.29 is 18.4 Å². The van der Waals surface area contributed by atoms with E-state index < -0.39 is 14.8 Å². The monoisotopic (exact) mass is 381 g/mol. The van der Waals surface area contributed by atoms with Crippen LogP contribution in [0.2, 0.25) is 0 Å². The van der Waals surface area contributed by atoms with E-state index in [9.17, 15) is 13.2 Å². The van der Waals surface area contributed by atoms with Crippen molar-refractivity contribution in [1.29, 1.82) is 0 Å². The van der Waals surface area contributed by atoms with E-state index in [1.165, 1.54) is 0 Å². The van der Waals surface area contributed by atoms with Crippen molar-refractivity contribution in [2.45, 2.75) is 57.6 Å². The van der Waals surface area contributed by atoms with Gasteiger partial charge in [-0.2, -0.15) is 0 Å². The van der Waals surface area contributed by atoms with E-state index in [1.807, 2.05) is 12.1 Å². The Balaban J connectivity index is 1.75. The number of nitrogens with one attached hydrogen (secondary N) is 2. The van der Waals surface area contributed by atoms with Gasteiger partial charge in [-0.05, 0) is 64.2 Å². The van der Waals surface area contributed by atoms with Gasteiger partial charge >= 0.3 is 0 Å². The van der Waals surface area contributed by atoms with Gasteiger partial charge < -0.3 is 10.5 Å². The molecule has 1 aromatic carbocycles. The molecule has 0 heterocycles. The summed E-state index contributed by atoms with van der Waals surface area (Å²) in [7, 11) is -3.34. The van der Waals surface area contributed by atoms with Crippen LogP contribution in [-0.4, -0.2) is 36.5 Å². The van der Waals surface area contributed by atoms with Crippen molar-refractivity contribution in [3.63, 3.8) is 0 Å². The Morgan fingerprint density at radius 2 is 1.96 bits per heavy atom. The molecule has 0 saturated carbocycles. The van der Waals surface area contributed by atoms with E-state index in [1.54, 1.807) is 26.8 Å². The summed E-state index contributed by atoms with van der Waals surface area (Å²) in [5.74, 6) is -0.0994. The lowest BCUT2D eigenvalue weighted by Gasteiger charge is -2.19. The van der Waals surface area contributed by atoms with Crippen LogP contribution < -0.4 is 10.0 Å². The minimum absolute atomic E-state index is 0.0994. The Hall–Kier alpha value is -1.93. The Labute approximate surface area is 154 Å².